The van der Waals surface area contributed by atoms with Crippen molar-refractivity contribution in [1.29, 1.82) is 0 Å². The van der Waals surface area contributed by atoms with E-state index in [1.54, 1.807) is 6.92 Å². The summed E-state index contributed by atoms with van der Waals surface area (Å²) in [5, 5.41) is 22.3. The number of aliphatic hydroxyl groups is 2. The number of aliphatic hydroxyl groups excluding tert-OH is 2. The number of esters is 1. The van der Waals surface area contributed by atoms with Gasteiger partial charge in [0.25, 0.3) is 5.91 Å². The zero-order valence-electron chi connectivity index (χ0n) is 26.2. The van der Waals surface area contributed by atoms with Crippen LogP contribution in [0.2, 0.25) is 0 Å². The first-order valence-corrected chi connectivity index (χ1v) is 15.8. The SMILES string of the molecule is CC(=O)OC(C)C(=O)NCc1cccc(-c2cccc(C3OC(CN4CCCC4CO)C(C)C(c4ccc(CO)cc4)O3)c2)c1. The van der Waals surface area contributed by atoms with E-state index >= 15 is 0 Å². The van der Waals surface area contributed by atoms with Crippen LogP contribution in [-0.2, 0) is 37.0 Å². The molecule has 2 saturated heterocycles. The first kappa shape index (κ1) is 32.8. The van der Waals surface area contributed by atoms with Crippen molar-refractivity contribution in [2.45, 2.75) is 77.4 Å². The Balaban J connectivity index is 1.36. The number of likely N-dealkylation sites (tertiary alicyclic amines) is 1. The van der Waals surface area contributed by atoms with Gasteiger partial charge in [-0.3, -0.25) is 14.5 Å². The second-order valence-corrected chi connectivity index (χ2v) is 12.1. The van der Waals surface area contributed by atoms with Gasteiger partial charge in [0, 0.05) is 37.5 Å². The molecule has 240 valence electrons. The van der Waals surface area contributed by atoms with E-state index in [0.29, 0.717) is 13.1 Å². The summed E-state index contributed by atoms with van der Waals surface area (Å²) in [6.45, 7) is 7.06. The van der Waals surface area contributed by atoms with Gasteiger partial charge in [0.05, 0.1) is 25.4 Å². The van der Waals surface area contributed by atoms with E-state index in [1.165, 1.54) is 6.92 Å². The zero-order chi connectivity index (χ0) is 31.9. The molecule has 1 amide bonds. The van der Waals surface area contributed by atoms with Crippen LogP contribution in [0.3, 0.4) is 0 Å². The standard InChI is InChI=1S/C36H44N2O7/c1-23-33(20-38-16-6-11-32(38)22-40)44-36(45-34(23)28-14-12-26(21-39)13-15-28)31-10-5-9-30(18-31)29-8-4-7-27(17-29)19-37-35(42)24(2)43-25(3)41/h4-5,7-10,12-15,17-18,23-24,32-34,36,39-40H,6,11,16,19-22H2,1-3H3,(H,37,42). The molecule has 2 aliphatic rings. The molecule has 2 fully saturated rings. The van der Waals surface area contributed by atoms with E-state index in [2.05, 4.69) is 23.2 Å². The minimum Gasteiger partial charge on any atom is -0.453 e. The van der Waals surface area contributed by atoms with Crippen LogP contribution in [0.25, 0.3) is 11.1 Å². The van der Waals surface area contributed by atoms with Crippen LogP contribution in [0.1, 0.15) is 68.3 Å². The Kier molecular flexibility index (Phi) is 11.0. The lowest BCUT2D eigenvalue weighted by atomic mass is 9.89. The van der Waals surface area contributed by atoms with E-state index in [4.69, 9.17) is 14.2 Å². The Morgan fingerprint density at radius 2 is 1.71 bits per heavy atom. The first-order chi connectivity index (χ1) is 21.7. The quantitative estimate of drug-likeness (QED) is 0.267. The average molecular weight is 617 g/mol. The molecule has 0 aromatic heterocycles. The van der Waals surface area contributed by atoms with Gasteiger partial charge in [0.1, 0.15) is 0 Å². The summed E-state index contributed by atoms with van der Waals surface area (Å²) in [6.07, 6.45) is 0.244. The van der Waals surface area contributed by atoms with Gasteiger partial charge in [-0.05, 0) is 66.3 Å². The summed E-state index contributed by atoms with van der Waals surface area (Å²) in [6, 6.07) is 24.1. The van der Waals surface area contributed by atoms with E-state index in [1.807, 2.05) is 66.7 Å². The number of nitrogens with one attached hydrogen (secondary N) is 1. The average Bonchev–Trinajstić information content (AvgIpc) is 3.51. The summed E-state index contributed by atoms with van der Waals surface area (Å²) in [4.78, 5) is 25.9. The molecule has 45 heavy (non-hydrogen) atoms. The zero-order valence-corrected chi connectivity index (χ0v) is 26.2. The maximum Gasteiger partial charge on any atom is 0.303 e. The van der Waals surface area contributed by atoms with E-state index in [0.717, 1.165) is 52.8 Å². The fourth-order valence-electron chi connectivity index (χ4n) is 6.26. The fourth-order valence-corrected chi connectivity index (χ4v) is 6.26. The van der Waals surface area contributed by atoms with Crippen molar-refractivity contribution in [3.05, 3.63) is 95.1 Å². The Labute approximate surface area is 265 Å². The third kappa shape index (κ3) is 8.17. The molecule has 0 aliphatic carbocycles. The molecule has 3 aromatic rings. The van der Waals surface area contributed by atoms with E-state index in [-0.39, 0.29) is 43.3 Å². The molecule has 3 aromatic carbocycles. The van der Waals surface area contributed by atoms with Gasteiger partial charge in [-0.1, -0.05) is 67.6 Å². The largest absolute Gasteiger partial charge is 0.453 e. The number of carbonyl (C=O) groups is 2. The summed E-state index contributed by atoms with van der Waals surface area (Å²) in [7, 11) is 0. The fraction of sp³-hybridized carbons (Fsp3) is 0.444. The first-order valence-electron chi connectivity index (χ1n) is 15.8. The molecule has 2 heterocycles. The number of amides is 1. The van der Waals surface area contributed by atoms with Crippen molar-refractivity contribution in [3.8, 4) is 11.1 Å². The minimum atomic E-state index is -0.860. The van der Waals surface area contributed by atoms with Gasteiger partial charge in [0.15, 0.2) is 12.4 Å². The number of hydrogen-bond acceptors (Lipinski definition) is 8. The molecule has 0 spiro atoms. The maximum absolute atomic E-state index is 12.3. The van der Waals surface area contributed by atoms with Crippen LogP contribution in [0.15, 0.2) is 72.8 Å². The molecule has 5 rings (SSSR count). The molecule has 2 aliphatic heterocycles. The minimum absolute atomic E-state index is 0.0129. The lowest BCUT2D eigenvalue weighted by Gasteiger charge is -2.43. The third-order valence-electron chi connectivity index (χ3n) is 8.85. The van der Waals surface area contributed by atoms with E-state index in [9.17, 15) is 19.8 Å². The Bertz CT molecular complexity index is 1450. The molecular formula is C36H44N2O7. The highest BCUT2D eigenvalue weighted by Crippen LogP contribution is 2.43. The highest BCUT2D eigenvalue weighted by molar-refractivity contribution is 5.82. The number of nitrogens with zero attached hydrogens (tertiary/aromatic N) is 1. The summed E-state index contributed by atoms with van der Waals surface area (Å²) < 4.78 is 18.4. The highest BCUT2D eigenvalue weighted by Gasteiger charge is 2.40. The Morgan fingerprint density at radius 3 is 2.42 bits per heavy atom. The summed E-state index contributed by atoms with van der Waals surface area (Å²) in [5.74, 6) is -0.796. The highest BCUT2D eigenvalue weighted by atomic mass is 16.7. The topological polar surface area (TPSA) is 118 Å². The normalized spacial score (nSPS) is 24.2. The molecule has 9 nitrogen and oxygen atoms in total. The third-order valence-corrected chi connectivity index (χ3v) is 8.85. The van der Waals surface area contributed by atoms with Crippen LogP contribution in [0.4, 0.5) is 0 Å². The number of ether oxygens (including phenoxy) is 3. The van der Waals surface area contributed by atoms with Crippen molar-refractivity contribution in [3.63, 3.8) is 0 Å². The van der Waals surface area contributed by atoms with Crippen LogP contribution in [-0.4, -0.2) is 64.9 Å². The number of hydrogen-bond donors (Lipinski definition) is 3. The van der Waals surface area contributed by atoms with Crippen molar-refractivity contribution in [1.82, 2.24) is 10.2 Å². The van der Waals surface area contributed by atoms with Gasteiger partial charge < -0.3 is 29.7 Å². The summed E-state index contributed by atoms with van der Waals surface area (Å²) in [5.41, 5.74) is 5.66. The monoisotopic (exact) mass is 616 g/mol. The number of benzene rings is 3. The van der Waals surface area contributed by atoms with Gasteiger partial charge in [-0.2, -0.15) is 0 Å². The summed E-state index contributed by atoms with van der Waals surface area (Å²) >= 11 is 0. The maximum atomic E-state index is 12.3. The molecular weight excluding hydrogens is 572 g/mol. The predicted octanol–water partition coefficient (Wildman–Crippen LogP) is 4.66. The number of carbonyl (C=O) groups excluding carboxylic acids is 2. The second-order valence-electron chi connectivity index (χ2n) is 12.1. The lowest BCUT2D eigenvalue weighted by Crippen LogP contribution is -2.46. The Hall–Kier alpha value is -3.60. The van der Waals surface area contributed by atoms with Crippen LogP contribution in [0, 0.1) is 5.92 Å². The predicted molar refractivity (Wildman–Crippen MR) is 170 cm³/mol. The molecule has 0 radical (unpaired) electrons. The molecule has 0 saturated carbocycles. The van der Waals surface area contributed by atoms with E-state index < -0.39 is 18.4 Å². The van der Waals surface area contributed by atoms with Crippen molar-refractivity contribution >= 4 is 11.9 Å². The molecule has 6 atom stereocenters. The van der Waals surface area contributed by atoms with Gasteiger partial charge in [0.2, 0.25) is 0 Å². The van der Waals surface area contributed by atoms with Crippen LogP contribution >= 0.6 is 0 Å². The lowest BCUT2D eigenvalue weighted by molar-refractivity contribution is -0.276. The van der Waals surface area contributed by atoms with Gasteiger partial charge >= 0.3 is 5.97 Å². The van der Waals surface area contributed by atoms with Crippen molar-refractivity contribution in [2.75, 3.05) is 19.7 Å². The smallest absolute Gasteiger partial charge is 0.303 e. The van der Waals surface area contributed by atoms with Crippen LogP contribution in [0.5, 0.6) is 0 Å². The molecule has 0 bridgehead atoms. The second kappa shape index (κ2) is 15.1. The molecule has 3 N–H and O–H groups in total. The van der Waals surface area contributed by atoms with Crippen molar-refractivity contribution < 1.29 is 34.0 Å². The Morgan fingerprint density at radius 1 is 0.978 bits per heavy atom. The van der Waals surface area contributed by atoms with Crippen molar-refractivity contribution in [2.24, 2.45) is 5.92 Å². The van der Waals surface area contributed by atoms with Gasteiger partial charge in [-0.15, -0.1) is 0 Å². The number of rotatable bonds is 11. The molecule has 6 unspecified atom stereocenters. The van der Waals surface area contributed by atoms with Crippen LogP contribution < -0.4 is 5.32 Å². The molecule has 9 heteroatoms. The van der Waals surface area contributed by atoms with Gasteiger partial charge in [-0.25, -0.2) is 0 Å².